The Morgan fingerprint density at radius 3 is 2.60 bits per heavy atom. The van der Waals surface area contributed by atoms with E-state index in [-0.39, 0.29) is 0 Å². The van der Waals surface area contributed by atoms with Crippen LogP contribution < -0.4 is 5.73 Å². The second-order valence-electron chi connectivity index (χ2n) is 4.65. The molecule has 2 nitrogen and oxygen atoms in total. The van der Waals surface area contributed by atoms with Crippen LogP contribution in [0.3, 0.4) is 0 Å². The van der Waals surface area contributed by atoms with Crippen molar-refractivity contribution in [1.29, 1.82) is 0 Å². The van der Waals surface area contributed by atoms with E-state index in [9.17, 15) is 0 Å². The Hall–Kier alpha value is -0.760. The zero-order valence-corrected chi connectivity index (χ0v) is 9.49. The van der Waals surface area contributed by atoms with Gasteiger partial charge in [-0.1, -0.05) is 25.7 Å². The lowest BCUT2D eigenvalue weighted by Gasteiger charge is -2.15. The quantitative estimate of drug-likeness (QED) is 0.757. The molecule has 0 aliphatic heterocycles. The third-order valence-electron chi connectivity index (χ3n) is 3.45. The highest BCUT2D eigenvalue weighted by Crippen LogP contribution is 2.27. The first-order valence-corrected chi connectivity index (χ1v) is 6.26. The molecule has 1 aliphatic rings. The summed E-state index contributed by atoms with van der Waals surface area (Å²) in [6.45, 7) is 0.759. The van der Waals surface area contributed by atoms with Crippen molar-refractivity contribution in [2.75, 3.05) is 6.54 Å². The summed E-state index contributed by atoms with van der Waals surface area (Å²) >= 11 is 0. The molecule has 0 atom stereocenters. The fourth-order valence-electron chi connectivity index (χ4n) is 2.56. The van der Waals surface area contributed by atoms with Crippen molar-refractivity contribution in [3.63, 3.8) is 0 Å². The van der Waals surface area contributed by atoms with Crippen LogP contribution in [0.2, 0.25) is 0 Å². The summed E-state index contributed by atoms with van der Waals surface area (Å²) in [5.41, 5.74) is 6.95. The molecule has 1 aromatic rings. The molecule has 84 valence electrons. The summed E-state index contributed by atoms with van der Waals surface area (Å²) in [7, 11) is 0. The molecular formula is C13H22N2. The van der Waals surface area contributed by atoms with Crippen molar-refractivity contribution in [3.05, 3.63) is 24.0 Å². The number of hydrogen-bond acceptors (Lipinski definition) is 1. The Balaban J connectivity index is 2.00. The molecule has 1 aromatic heterocycles. The third kappa shape index (κ3) is 2.85. The molecule has 2 N–H and O–H groups in total. The van der Waals surface area contributed by atoms with Crippen molar-refractivity contribution in [2.45, 2.75) is 51.0 Å². The summed E-state index contributed by atoms with van der Waals surface area (Å²) < 4.78 is 2.41. The Morgan fingerprint density at radius 2 is 1.93 bits per heavy atom. The molecule has 2 rings (SSSR count). The first-order valence-electron chi connectivity index (χ1n) is 6.26. The van der Waals surface area contributed by atoms with Gasteiger partial charge in [0, 0.05) is 18.4 Å². The Morgan fingerprint density at radius 1 is 1.20 bits per heavy atom. The summed E-state index contributed by atoms with van der Waals surface area (Å²) in [5.74, 6) is 0. The number of aromatic nitrogens is 1. The minimum absolute atomic E-state index is 0.749. The number of nitrogens with zero attached hydrogens (tertiary/aromatic N) is 1. The summed E-state index contributed by atoms with van der Waals surface area (Å²) in [6, 6.07) is 2.97. The Labute approximate surface area is 92.5 Å². The molecule has 0 spiro atoms. The molecule has 0 bridgehead atoms. The maximum absolute atomic E-state index is 5.56. The minimum Gasteiger partial charge on any atom is -0.351 e. The second kappa shape index (κ2) is 5.36. The van der Waals surface area contributed by atoms with Crippen molar-refractivity contribution >= 4 is 0 Å². The van der Waals surface area contributed by atoms with Crippen LogP contribution in [0.1, 0.15) is 50.1 Å². The van der Waals surface area contributed by atoms with Crippen LogP contribution in [0.4, 0.5) is 0 Å². The molecular weight excluding hydrogens is 184 g/mol. The van der Waals surface area contributed by atoms with E-state index >= 15 is 0 Å². The van der Waals surface area contributed by atoms with Crippen molar-refractivity contribution in [2.24, 2.45) is 5.73 Å². The van der Waals surface area contributed by atoms with Crippen molar-refractivity contribution < 1.29 is 0 Å². The normalized spacial score (nSPS) is 19.0. The average Bonchev–Trinajstić information content (AvgIpc) is 2.53. The largest absolute Gasteiger partial charge is 0.351 e. The van der Waals surface area contributed by atoms with Gasteiger partial charge in [-0.25, -0.2) is 0 Å². The molecule has 0 unspecified atom stereocenters. The fourth-order valence-corrected chi connectivity index (χ4v) is 2.56. The van der Waals surface area contributed by atoms with Gasteiger partial charge in [0.25, 0.3) is 0 Å². The molecule has 15 heavy (non-hydrogen) atoms. The van der Waals surface area contributed by atoms with Gasteiger partial charge >= 0.3 is 0 Å². The SMILES string of the molecule is NCCc1ccn(C2CCCCCC2)c1. The summed E-state index contributed by atoms with van der Waals surface area (Å²) in [5, 5.41) is 0. The van der Waals surface area contributed by atoms with E-state index in [0.717, 1.165) is 19.0 Å². The standard InChI is InChI=1S/C13H22N2/c14-9-7-12-8-10-15(11-12)13-5-3-1-2-4-6-13/h8,10-11,13H,1-7,9,14H2. The van der Waals surface area contributed by atoms with Gasteiger partial charge in [0.2, 0.25) is 0 Å². The second-order valence-corrected chi connectivity index (χ2v) is 4.65. The molecule has 1 saturated carbocycles. The summed E-state index contributed by atoms with van der Waals surface area (Å²) in [4.78, 5) is 0. The first-order chi connectivity index (χ1) is 7.40. The molecule has 2 heteroatoms. The highest BCUT2D eigenvalue weighted by molar-refractivity contribution is 5.11. The molecule has 1 fully saturated rings. The van der Waals surface area contributed by atoms with Crippen LogP contribution in [0.5, 0.6) is 0 Å². The van der Waals surface area contributed by atoms with Crippen molar-refractivity contribution in [1.82, 2.24) is 4.57 Å². The molecule has 1 aliphatic carbocycles. The van der Waals surface area contributed by atoms with Crippen LogP contribution in [0.25, 0.3) is 0 Å². The molecule has 0 radical (unpaired) electrons. The maximum atomic E-state index is 5.56. The lowest BCUT2D eigenvalue weighted by atomic mass is 10.1. The predicted molar refractivity (Wildman–Crippen MR) is 63.9 cm³/mol. The zero-order valence-electron chi connectivity index (χ0n) is 9.49. The topological polar surface area (TPSA) is 30.9 Å². The van der Waals surface area contributed by atoms with Crippen molar-refractivity contribution in [3.8, 4) is 0 Å². The first kappa shape index (κ1) is 10.7. The van der Waals surface area contributed by atoms with Gasteiger partial charge in [-0.05, 0) is 37.4 Å². The lowest BCUT2D eigenvalue weighted by molar-refractivity contribution is 0.445. The van der Waals surface area contributed by atoms with E-state index in [1.54, 1.807) is 0 Å². The lowest BCUT2D eigenvalue weighted by Crippen LogP contribution is -2.06. The fraction of sp³-hybridized carbons (Fsp3) is 0.692. The van der Waals surface area contributed by atoms with Crippen LogP contribution in [0, 0.1) is 0 Å². The molecule has 0 saturated heterocycles. The van der Waals surface area contributed by atoms with E-state index in [4.69, 9.17) is 5.73 Å². The monoisotopic (exact) mass is 206 g/mol. The smallest absolute Gasteiger partial charge is 0.0330 e. The maximum Gasteiger partial charge on any atom is 0.0330 e. The van der Waals surface area contributed by atoms with E-state index < -0.39 is 0 Å². The number of hydrogen-bond donors (Lipinski definition) is 1. The molecule has 0 amide bonds. The van der Waals surface area contributed by atoms with Crippen LogP contribution in [-0.2, 0) is 6.42 Å². The van der Waals surface area contributed by atoms with E-state index in [0.29, 0.717) is 0 Å². The van der Waals surface area contributed by atoms with E-state index in [1.807, 2.05) is 0 Å². The van der Waals surface area contributed by atoms with Crippen LogP contribution in [0.15, 0.2) is 18.5 Å². The van der Waals surface area contributed by atoms with Gasteiger partial charge in [-0.15, -0.1) is 0 Å². The number of rotatable bonds is 3. The van der Waals surface area contributed by atoms with Gasteiger partial charge in [0.05, 0.1) is 0 Å². The van der Waals surface area contributed by atoms with Gasteiger partial charge in [0.1, 0.15) is 0 Å². The molecule has 0 aromatic carbocycles. The van der Waals surface area contributed by atoms with Crippen LogP contribution in [-0.4, -0.2) is 11.1 Å². The van der Waals surface area contributed by atoms with E-state index in [2.05, 4.69) is 23.0 Å². The Kier molecular flexibility index (Phi) is 3.84. The predicted octanol–water partition coefficient (Wildman–Crippen LogP) is 2.88. The molecule has 1 heterocycles. The average molecular weight is 206 g/mol. The Bertz CT molecular complexity index is 282. The highest BCUT2D eigenvalue weighted by Gasteiger charge is 2.13. The summed E-state index contributed by atoms with van der Waals surface area (Å²) in [6.07, 6.45) is 13.9. The van der Waals surface area contributed by atoms with Crippen LogP contribution >= 0.6 is 0 Å². The van der Waals surface area contributed by atoms with Gasteiger partial charge < -0.3 is 10.3 Å². The van der Waals surface area contributed by atoms with Gasteiger partial charge in [-0.2, -0.15) is 0 Å². The third-order valence-corrected chi connectivity index (χ3v) is 3.45. The zero-order chi connectivity index (χ0) is 10.5. The minimum atomic E-state index is 0.749. The number of nitrogens with two attached hydrogens (primary N) is 1. The van der Waals surface area contributed by atoms with E-state index in [1.165, 1.54) is 44.1 Å². The highest BCUT2D eigenvalue weighted by atomic mass is 15.0. The van der Waals surface area contributed by atoms with Gasteiger partial charge in [0.15, 0.2) is 0 Å². The van der Waals surface area contributed by atoms with Gasteiger partial charge in [-0.3, -0.25) is 0 Å².